The molecule has 3 aromatic heterocycles. The molecule has 0 aromatic carbocycles. The van der Waals surface area contributed by atoms with Crippen LogP contribution in [0.25, 0.3) is 16.9 Å². The molecule has 0 amide bonds. The van der Waals surface area contributed by atoms with Gasteiger partial charge in [-0.25, -0.2) is 9.50 Å². The van der Waals surface area contributed by atoms with Gasteiger partial charge >= 0.3 is 0 Å². The monoisotopic (exact) mass is 280 g/mol. The second kappa shape index (κ2) is 5.16. The summed E-state index contributed by atoms with van der Waals surface area (Å²) < 4.78 is 7.68. The highest BCUT2D eigenvalue weighted by Gasteiger charge is 2.16. The standard InChI is InChI=1S/C16H16N4O/c1-2-4-13(3-1)21-14-5-6-15(17-10-14)12-9-18-16-7-8-19-20(16)11-12/h5-11,13H,1-4H2. The highest BCUT2D eigenvalue weighted by Crippen LogP contribution is 2.25. The van der Waals surface area contributed by atoms with Crippen LogP contribution in [0.4, 0.5) is 0 Å². The van der Waals surface area contributed by atoms with Gasteiger partial charge in [-0.2, -0.15) is 5.10 Å². The minimum atomic E-state index is 0.361. The number of fused-ring (bicyclic) bond motifs is 1. The molecule has 0 saturated heterocycles. The Balaban J connectivity index is 1.57. The summed E-state index contributed by atoms with van der Waals surface area (Å²) in [6, 6.07) is 5.82. The predicted octanol–water partition coefficient (Wildman–Crippen LogP) is 3.11. The van der Waals surface area contributed by atoms with E-state index in [9.17, 15) is 0 Å². The first-order chi connectivity index (χ1) is 10.4. The number of hydrogen-bond donors (Lipinski definition) is 0. The van der Waals surface area contributed by atoms with Gasteiger partial charge in [0, 0.05) is 24.0 Å². The number of nitrogens with zero attached hydrogens (tertiary/aromatic N) is 4. The maximum atomic E-state index is 5.93. The molecule has 1 saturated carbocycles. The van der Waals surface area contributed by atoms with Crippen LogP contribution >= 0.6 is 0 Å². The summed E-state index contributed by atoms with van der Waals surface area (Å²) in [6.45, 7) is 0. The molecule has 0 aliphatic heterocycles. The van der Waals surface area contributed by atoms with E-state index in [2.05, 4.69) is 15.1 Å². The van der Waals surface area contributed by atoms with Gasteiger partial charge in [0.2, 0.25) is 0 Å². The fourth-order valence-electron chi connectivity index (χ4n) is 2.76. The summed E-state index contributed by atoms with van der Waals surface area (Å²) in [5.74, 6) is 0.846. The molecule has 1 fully saturated rings. The van der Waals surface area contributed by atoms with Crippen molar-refractivity contribution >= 4 is 5.65 Å². The van der Waals surface area contributed by atoms with Crippen molar-refractivity contribution in [1.29, 1.82) is 0 Å². The Morgan fingerprint density at radius 1 is 1.05 bits per heavy atom. The molecule has 0 atom stereocenters. The van der Waals surface area contributed by atoms with Crippen molar-refractivity contribution in [3.05, 3.63) is 43.0 Å². The van der Waals surface area contributed by atoms with Gasteiger partial charge in [0.1, 0.15) is 5.75 Å². The molecular formula is C16H16N4O. The second-order valence-corrected chi connectivity index (χ2v) is 5.38. The third-order valence-electron chi connectivity index (χ3n) is 3.88. The Hall–Kier alpha value is -2.43. The molecule has 5 nitrogen and oxygen atoms in total. The van der Waals surface area contributed by atoms with Crippen molar-refractivity contribution in [3.8, 4) is 17.0 Å². The van der Waals surface area contributed by atoms with Gasteiger partial charge in [0.05, 0.1) is 24.2 Å². The third kappa shape index (κ3) is 2.46. The van der Waals surface area contributed by atoms with Crippen LogP contribution in [0.3, 0.4) is 0 Å². The van der Waals surface area contributed by atoms with Crippen LogP contribution in [0.2, 0.25) is 0 Å². The summed E-state index contributed by atoms with van der Waals surface area (Å²) in [6.07, 6.45) is 12.5. The lowest BCUT2D eigenvalue weighted by Crippen LogP contribution is -2.10. The van der Waals surface area contributed by atoms with Crippen molar-refractivity contribution < 1.29 is 4.74 Å². The lowest BCUT2D eigenvalue weighted by atomic mass is 10.2. The number of pyridine rings is 1. The van der Waals surface area contributed by atoms with E-state index < -0.39 is 0 Å². The van der Waals surface area contributed by atoms with E-state index in [1.807, 2.05) is 30.6 Å². The average Bonchev–Trinajstić information content (AvgIpc) is 3.18. The van der Waals surface area contributed by atoms with E-state index in [1.54, 1.807) is 16.9 Å². The van der Waals surface area contributed by atoms with Gasteiger partial charge < -0.3 is 4.74 Å². The topological polar surface area (TPSA) is 52.3 Å². The minimum Gasteiger partial charge on any atom is -0.489 e. The van der Waals surface area contributed by atoms with Crippen molar-refractivity contribution in [3.63, 3.8) is 0 Å². The zero-order chi connectivity index (χ0) is 14.1. The summed E-state index contributed by atoms with van der Waals surface area (Å²) in [5.41, 5.74) is 2.65. The Morgan fingerprint density at radius 3 is 2.76 bits per heavy atom. The summed E-state index contributed by atoms with van der Waals surface area (Å²) in [7, 11) is 0. The van der Waals surface area contributed by atoms with Gasteiger partial charge in [-0.15, -0.1) is 0 Å². The smallest absolute Gasteiger partial charge is 0.154 e. The predicted molar refractivity (Wildman–Crippen MR) is 79.1 cm³/mol. The largest absolute Gasteiger partial charge is 0.489 e. The molecule has 0 spiro atoms. The Bertz CT molecular complexity index is 744. The normalized spacial score (nSPS) is 15.6. The van der Waals surface area contributed by atoms with Crippen LogP contribution in [-0.2, 0) is 0 Å². The van der Waals surface area contributed by atoms with E-state index in [0.717, 1.165) is 35.5 Å². The second-order valence-electron chi connectivity index (χ2n) is 5.38. The molecule has 3 heterocycles. The average molecular weight is 280 g/mol. The van der Waals surface area contributed by atoms with Crippen LogP contribution in [0.15, 0.2) is 43.0 Å². The molecule has 0 radical (unpaired) electrons. The maximum Gasteiger partial charge on any atom is 0.154 e. The Kier molecular flexibility index (Phi) is 3.03. The van der Waals surface area contributed by atoms with Crippen LogP contribution in [0.1, 0.15) is 25.7 Å². The molecule has 0 N–H and O–H groups in total. The number of hydrogen-bond acceptors (Lipinski definition) is 4. The van der Waals surface area contributed by atoms with Crippen molar-refractivity contribution in [2.24, 2.45) is 0 Å². The quantitative estimate of drug-likeness (QED) is 0.739. The lowest BCUT2D eigenvalue weighted by molar-refractivity contribution is 0.209. The Morgan fingerprint density at radius 2 is 1.95 bits per heavy atom. The van der Waals surface area contributed by atoms with Crippen molar-refractivity contribution in [2.75, 3.05) is 0 Å². The van der Waals surface area contributed by atoms with Gasteiger partial charge in [-0.3, -0.25) is 4.98 Å². The number of aromatic nitrogens is 4. The Labute approximate surface area is 122 Å². The highest BCUT2D eigenvalue weighted by molar-refractivity contribution is 5.58. The van der Waals surface area contributed by atoms with E-state index >= 15 is 0 Å². The number of rotatable bonds is 3. The third-order valence-corrected chi connectivity index (χ3v) is 3.88. The molecule has 3 aromatic rings. The first-order valence-corrected chi connectivity index (χ1v) is 7.31. The van der Waals surface area contributed by atoms with E-state index in [4.69, 9.17) is 4.74 Å². The van der Waals surface area contributed by atoms with Crippen molar-refractivity contribution in [1.82, 2.24) is 19.6 Å². The summed E-state index contributed by atoms with van der Waals surface area (Å²) in [4.78, 5) is 8.83. The van der Waals surface area contributed by atoms with E-state index in [1.165, 1.54) is 12.8 Å². The van der Waals surface area contributed by atoms with Crippen molar-refractivity contribution in [2.45, 2.75) is 31.8 Å². The van der Waals surface area contributed by atoms with Crippen LogP contribution in [0.5, 0.6) is 5.75 Å². The van der Waals surface area contributed by atoms with E-state index in [0.29, 0.717) is 6.10 Å². The summed E-state index contributed by atoms with van der Waals surface area (Å²) in [5, 5.41) is 4.19. The first kappa shape index (κ1) is 12.3. The highest BCUT2D eigenvalue weighted by atomic mass is 16.5. The fraction of sp³-hybridized carbons (Fsp3) is 0.312. The molecule has 4 rings (SSSR count). The van der Waals surface area contributed by atoms with Gasteiger partial charge in [0.25, 0.3) is 0 Å². The molecule has 1 aliphatic rings. The molecule has 0 bridgehead atoms. The van der Waals surface area contributed by atoms with Gasteiger partial charge in [0.15, 0.2) is 5.65 Å². The zero-order valence-electron chi connectivity index (χ0n) is 11.6. The molecular weight excluding hydrogens is 264 g/mol. The van der Waals surface area contributed by atoms with Crippen LogP contribution in [-0.4, -0.2) is 25.7 Å². The fourth-order valence-corrected chi connectivity index (χ4v) is 2.76. The zero-order valence-corrected chi connectivity index (χ0v) is 11.6. The molecule has 1 aliphatic carbocycles. The lowest BCUT2D eigenvalue weighted by Gasteiger charge is -2.12. The number of ether oxygens (including phenoxy) is 1. The minimum absolute atomic E-state index is 0.361. The SMILES string of the molecule is c1cc2ncc(-c3ccc(OC4CCCC4)cn3)cn2n1. The molecule has 21 heavy (non-hydrogen) atoms. The van der Waals surface area contributed by atoms with E-state index in [-0.39, 0.29) is 0 Å². The molecule has 5 heteroatoms. The van der Waals surface area contributed by atoms with Crippen LogP contribution in [0, 0.1) is 0 Å². The molecule has 0 unspecified atom stereocenters. The molecule has 106 valence electrons. The van der Waals surface area contributed by atoms with Gasteiger partial charge in [-0.1, -0.05) is 0 Å². The summed E-state index contributed by atoms with van der Waals surface area (Å²) >= 11 is 0. The van der Waals surface area contributed by atoms with Crippen LogP contribution < -0.4 is 4.74 Å². The van der Waals surface area contributed by atoms with Gasteiger partial charge in [-0.05, 0) is 37.8 Å². The first-order valence-electron chi connectivity index (χ1n) is 7.31. The maximum absolute atomic E-state index is 5.93.